The van der Waals surface area contributed by atoms with Crippen molar-refractivity contribution in [3.05, 3.63) is 35.7 Å². The monoisotopic (exact) mass is 217 g/mol. The maximum Gasteiger partial charge on any atom is 0.147 e. The molecule has 0 N–H and O–H groups in total. The fraction of sp³-hybridized carbons (Fsp3) is 0.429. The summed E-state index contributed by atoms with van der Waals surface area (Å²) < 4.78 is 13.9. The van der Waals surface area contributed by atoms with Gasteiger partial charge >= 0.3 is 0 Å². The molecular formula is C14H16FN. The molecule has 1 saturated heterocycles. The molecule has 1 fully saturated rings. The van der Waals surface area contributed by atoms with Gasteiger partial charge in [0.1, 0.15) is 5.82 Å². The van der Waals surface area contributed by atoms with Gasteiger partial charge in [-0.1, -0.05) is 19.9 Å². The lowest BCUT2D eigenvalue weighted by Crippen LogP contribution is -2.20. The molecule has 1 atom stereocenters. The van der Waals surface area contributed by atoms with Crippen LogP contribution in [-0.4, -0.2) is 13.1 Å². The van der Waals surface area contributed by atoms with E-state index in [1.54, 1.807) is 6.07 Å². The SMILES string of the molecule is C=C1c2cc(F)c(N3CCC(CC)C3)cc21. The largest absolute Gasteiger partial charge is 0.369 e. The van der Waals surface area contributed by atoms with E-state index in [-0.39, 0.29) is 5.82 Å². The summed E-state index contributed by atoms with van der Waals surface area (Å²) >= 11 is 0. The molecule has 0 amide bonds. The Morgan fingerprint density at radius 1 is 1.44 bits per heavy atom. The first-order valence-electron chi connectivity index (χ1n) is 5.99. The number of rotatable bonds is 2. The average Bonchev–Trinajstić information content (AvgIpc) is 2.76. The quantitative estimate of drug-likeness (QED) is 0.745. The zero-order chi connectivity index (χ0) is 11.3. The van der Waals surface area contributed by atoms with Gasteiger partial charge in [0.15, 0.2) is 0 Å². The molecule has 84 valence electrons. The van der Waals surface area contributed by atoms with Crippen molar-refractivity contribution < 1.29 is 4.39 Å². The number of anilines is 1. The van der Waals surface area contributed by atoms with Gasteiger partial charge in [0.2, 0.25) is 0 Å². The van der Waals surface area contributed by atoms with Crippen LogP contribution in [0.25, 0.3) is 5.57 Å². The fourth-order valence-electron chi connectivity index (χ4n) is 2.62. The minimum absolute atomic E-state index is 0.0887. The predicted molar refractivity (Wildman–Crippen MR) is 65.1 cm³/mol. The molecule has 1 unspecified atom stereocenters. The second-order valence-electron chi connectivity index (χ2n) is 4.84. The molecule has 0 spiro atoms. The van der Waals surface area contributed by atoms with E-state index in [1.807, 2.05) is 6.07 Å². The first-order chi connectivity index (χ1) is 7.70. The van der Waals surface area contributed by atoms with Crippen LogP contribution < -0.4 is 4.90 Å². The highest BCUT2D eigenvalue weighted by atomic mass is 19.1. The predicted octanol–water partition coefficient (Wildman–Crippen LogP) is 3.44. The second kappa shape index (κ2) is 3.34. The Morgan fingerprint density at radius 2 is 2.19 bits per heavy atom. The first kappa shape index (κ1) is 9.88. The number of nitrogens with zero attached hydrogens (tertiary/aromatic N) is 1. The topological polar surface area (TPSA) is 3.24 Å². The van der Waals surface area contributed by atoms with Crippen LogP contribution in [0.3, 0.4) is 0 Å². The minimum atomic E-state index is -0.0887. The summed E-state index contributed by atoms with van der Waals surface area (Å²) in [6.07, 6.45) is 2.38. The van der Waals surface area contributed by atoms with Crippen LogP contribution in [0.15, 0.2) is 18.7 Å². The van der Waals surface area contributed by atoms with E-state index in [0.29, 0.717) is 0 Å². The highest BCUT2D eigenvalue weighted by molar-refractivity contribution is 6.00. The van der Waals surface area contributed by atoms with Crippen LogP contribution in [0, 0.1) is 11.7 Å². The molecule has 0 saturated carbocycles. The number of hydrogen-bond donors (Lipinski definition) is 0. The minimum Gasteiger partial charge on any atom is -0.369 e. The molecule has 1 aliphatic carbocycles. The molecule has 1 aromatic carbocycles. The Hall–Kier alpha value is -1.31. The lowest BCUT2D eigenvalue weighted by Gasteiger charge is -2.18. The van der Waals surface area contributed by atoms with E-state index in [4.69, 9.17) is 0 Å². The molecule has 0 radical (unpaired) electrons. The van der Waals surface area contributed by atoms with Crippen molar-refractivity contribution in [2.24, 2.45) is 5.92 Å². The molecule has 0 bridgehead atoms. The fourth-order valence-corrected chi connectivity index (χ4v) is 2.62. The van der Waals surface area contributed by atoms with Gasteiger partial charge in [-0.15, -0.1) is 0 Å². The maximum absolute atomic E-state index is 13.9. The Bertz CT molecular complexity index is 464. The number of hydrogen-bond acceptors (Lipinski definition) is 1. The van der Waals surface area contributed by atoms with Gasteiger partial charge in [-0.2, -0.15) is 0 Å². The smallest absolute Gasteiger partial charge is 0.147 e. The first-order valence-corrected chi connectivity index (χ1v) is 5.99. The molecule has 16 heavy (non-hydrogen) atoms. The van der Waals surface area contributed by atoms with E-state index in [2.05, 4.69) is 18.4 Å². The summed E-state index contributed by atoms with van der Waals surface area (Å²) in [5.41, 5.74) is 3.94. The van der Waals surface area contributed by atoms with Crippen molar-refractivity contribution in [2.75, 3.05) is 18.0 Å². The van der Waals surface area contributed by atoms with Crippen molar-refractivity contribution in [3.8, 4) is 0 Å². The van der Waals surface area contributed by atoms with Crippen molar-refractivity contribution in [1.82, 2.24) is 0 Å². The van der Waals surface area contributed by atoms with Gasteiger partial charge in [0, 0.05) is 13.1 Å². The Morgan fingerprint density at radius 3 is 2.88 bits per heavy atom. The van der Waals surface area contributed by atoms with Gasteiger partial charge < -0.3 is 4.90 Å². The standard InChI is InChI=1S/C14H16FN/c1-3-10-4-5-16(8-10)14-7-12-9(2)11(12)6-13(14)15/h6-7,10H,2-5,8H2,1H3. The zero-order valence-electron chi connectivity index (χ0n) is 9.59. The van der Waals surface area contributed by atoms with Gasteiger partial charge in [-0.05, 0) is 41.2 Å². The number of halogens is 1. The normalized spacial score (nSPS) is 22.5. The van der Waals surface area contributed by atoms with E-state index >= 15 is 0 Å². The van der Waals surface area contributed by atoms with Crippen LogP contribution in [0.5, 0.6) is 0 Å². The average molecular weight is 217 g/mol. The van der Waals surface area contributed by atoms with E-state index in [9.17, 15) is 4.39 Å². The van der Waals surface area contributed by atoms with Gasteiger partial charge in [-0.3, -0.25) is 0 Å². The highest BCUT2D eigenvalue weighted by Crippen LogP contribution is 2.44. The second-order valence-corrected chi connectivity index (χ2v) is 4.84. The summed E-state index contributed by atoms with van der Waals surface area (Å²) in [4.78, 5) is 2.18. The van der Waals surface area contributed by atoms with Crippen LogP contribution in [0.4, 0.5) is 10.1 Å². The summed E-state index contributed by atoms with van der Waals surface area (Å²) in [5, 5.41) is 0. The maximum atomic E-state index is 13.9. The van der Waals surface area contributed by atoms with E-state index in [0.717, 1.165) is 41.4 Å². The van der Waals surface area contributed by atoms with Crippen molar-refractivity contribution in [2.45, 2.75) is 19.8 Å². The molecule has 1 aromatic rings. The number of benzene rings is 1. The Balaban J connectivity index is 1.88. The molecule has 1 aliphatic heterocycles. The van der Waals surface area contributed by atoms with Crippen molar-refractivity contribution in [3.63, 3.8) is 0 Å². The summed E-state index contributed by atoms with van der Waals surface area (Å²) in [6, 6.07) is 3.59. The Labute approximate surface area is 95.6 Å². The molecule has 2 aliphatic rings. The van der Waals surface area contributed by atoms with Crippen molar-refractivity contribution >= 4 is 11.3 Å². The Kier molecular flexibility index (Phi) is 2.06. The molecule has 0 aromatic heterocycles. The van der Waals surface area contributed by atoms with Crippen LogP contribution in [-0.2, 0) is 0 Å². The highest BCUT2D eigenvalue weighted by Gasteiger charge is 2.29. The van der Waals surface area contributed by atoms with E-state index < -0.39 is 0 Å². The van der Waals surface area contributed by atoms with Crippen LogP contribution >= 0.6 is 0 Å². The summed E-state index contributed by atoms with van der Waals surface area (Å²) in [5.74, 6) is 0.639. The van der Waals surface area contributed by atoms with Crippen LogP contribution in [0.1, 0.15) is 30.9 Å². The molecular weight excluding hydrogens is 201 g/mol. The van der Waals surface area contributed by atoms with E-state index in [1.165, 1.54) is 12.8 Å². The third kappa shape index (κ3) is 1.36. The lowest BCUT2D eigenvalue weighted by atomic mass is 10.1. The van der Waals surface area contributed by atoms with Gasteiger partial charge in [-0.25, -0.2) is 4.39 Å². The van der Waals surface area contributed by atoms with Crippen molar-refractivity contribution in [1.29, 1.82) is 0 Å². The third-order valence-corrected chi connectivity index (χ3v) is 3.88. The molecule has 3 rings (SSSR count). The van der Waals surface area contributed by atoms with Crippen LogP contribution in [0.2, 0.25) is 0 Å². The van der Waals surface area contributed by atoms with Gasteiger partial charge in [0.25, 0.3) is 0 Å². The molecule has 2 heteroatoms. The molecule has 1 nitrogen and oxygen atoms in total. The van der Waals surface area contributed by atoms with Gasteiger partial charge in [0.05, 0.1) is 5.69 Å². The summed E-state index contributed by atoms with van der Waals surface area (Å²) in [6.45, 7) is 8.08. The molecule has 1 heterocycles. The third-order valence-electron chi connectivity index (χ3n) is 3.88. The zero-order valence-corrected chi connectivity index (χ0v) is 9.59. The lowest BCUT2D eigenvalue weighted by molar-refractivity contribution is 0.567. The summed E-state index contributed by atoms with van der Waals surface area (Å²) in [7, 11) is 0. The number of fused-ring (bicyclic) bond motifs is 1.